The molecule has 23 heavy (non-hydrogen) atoms. The summed E-state index contributed by atoms with van der Waals surface area (Å²) in [7, 11) is 0. The van der Waals surface area contributed by atoms with Gasteiger partial charge < -0.3 is 15.5 Å². The molecule has 2 fully saturated rings. The number of amides is 1. The highest BCUT2D eigenvalue weighted by Gasteiger charge is 2.48. The van der Waals surface area contributed by atoms with E-state index in [-0.39, 0.29) is 23.9 Å². The maximum atomic E-state index is 12.6. The summed E-state index contributed by atoms with van der Waals surface area (Å²) in [5.74, 6) is 2.03. The zero-order valence-corrected chi connectivity index (χ0v) is 14.7. The van der Waals surface area contributed by atoms with Crippen molar-refractivity contribution in [1.29, 1.82) is 0 Å². The highest BCUT2D eigenvalue weighted by Crippen LogP contribution is 2.40. The number of fused-ring (bicyclic) bond motifs is 6. The summed E-state index contributed by atoms with van der Waals surface area (Å²) in [5.41, 5.74) is 1.76. The van der Waals surface area contributed by atoms with E-state index in [0.29, 0.717) is 6.04 Å². The van der Waals surface area contributed by atoms with E-state index in [2.05, 4.69) is 39.3 Å². The average Bonchev–Trinajstić information content (AvgIpc) is 2.90. The second-order valence-corrected chi connectivity index (χ2v) is 6.64. The maximum absolute atomic E-state index is 12.6. The smallest absolute Gasteiger partial charge is 0.248 e. The average molecular weight is 317 g/mol. The van der Waals surface area contributed by atoms with Crippen LogP contribution in [-0.2, 0) is 4.79 Å². The number of hydrogen-bond acceptors (Lipinski definition) is 5. The van der Waals surface area contributed by atoms with Crippen LogP contribution in [0.5, 0.6) is 0 Å². The number of anilines is 2. The highest BCUT2D eigenvalue weighted by molar-refractivity contribution is 6.04. The third kappa shape index (κ3) is 2.59. The van der Waals surface area contributed by atoms with Crippen molar-refractivity contribution in [2.75, 3.05) is 16.8 Å². The van der Waals surface area contributed by atoms with Crippen LogP contribution in [0.1, 0.15) is 58.0 Å². The fourth-order valence-corrected chi connectivity index (χ4v) is 3.88. The summed E-state index contributed by atoms with van der Waals surface area (Å²) in [6.07, 6.45) is 2.21. The number of aryl methyl sites for hydroxylation is 1. The minimum Gasteiger partial charge on any atom is -0.340 e. The summed E-state index contributed by atoms with van der Waals surface area (Å²) in [6, 6.07) is 0.586. The lowest BCUT2D eigenvalue weighted by atomic mass is 9.99. The quantitative estimate of drug-likeness (QED) is 0.831. The van der Waals surface area contributed by atoms with E-state index in [1.807, 2.05) is 20.8 Å². The monoisotopic (exact) mass is 317 g/mol. The standard InChI is InChI=1S/C15H21N5O.C2H6/c1-7(2)11-12-14(17-8(3)16-11)20-6-9-4-5-10(18-9)13(20)15(21)19-12;1-2/h7,9-10,13,18H,4-6H2,1-3H3,(H,19,21);1-2H3/t9-,10?,13?;/m0./s1. The number of hydrogen-bond donors (Lipinski definition) is 2. The van der Waals surface area contributed by atoms with Crippen LogP contribution in [0.25, 0.3) is 0 Å². The third-order valence-electron chi connectivity index (χ3n) is 4.78. The summed E-state index contributed by atoms with van der Waals surface area (Å²) >= 11 is 0. The topological polar surface area (TPSA) is 70.2 Å². The number of carbonyl (C=O) groups excluding carboxylic acids is 1. The van der Waals surface area contributed by atoms with Crippen molar-refractivity contribution in [3.05, 3.63) is 11.5 Å². The fourth-order valence-electron chi connectivity index (χ4n) is 3.88. The van der Waals surface area contributed by atoms with Crippen molar-refractivity contribution >= 4 is 17.4 Å². The molecule has 0 aromatic carbocycles. The normalized spacial score (nSPS) is 27.8. The zero-order valence-electron chi connectivity index (χ0n) is 14.7. The van der Waals surface area contributed by atoms with Crippen molar-refractivity contribution in [2.24, 2.45) is 0 Å². The molecule has 2 saturated heterocycles. The van der Waals surface area contributed by atoms with E-state index < -0.39 is 0 Å². The Morgan fingerprint density at radius 2 is 1.96 bits per heavy atom. The molecule has 1 aromatic heterocycles. The lowest BCUT2D eigenvalue weighted by Crippen LogP contribution is -2.64. The molecule has 3 aliphatic heterocycles. The summed E-state index contributed by atoms with van der Waals surface area (Å²) in [5, 5.41) is 6.63. The van der Waals surface area contributed by atoms with Crippen LogP contribution < -0.4 is 15.5 Å². The molecule has 1 amide bonds. The second kappa shape index (κ2) is 6.07. The van der Waals surface area contributed by atoms with Gasteiger partial charge in [0.2, 0.25) is 5.91 Å². The largest absolute Gasteiger partial charge is 0.340 e. The Morgan fingerprint density at radius 1 is 1.22 bits per heavy atom. The molecule has 3 atom stereocenters. The molecular formula is C17H27N5O. The van der Waals surface area contributed by atoms with Gasteiger partial charge in [0.15, 0.2) is 5.82 Å². The molecule has 1 aromatic rings. The number of aromatic nitrogens is 2. The predicted molar refractivity (Wildman–Crippen MR) is 91.9 cm³/mol. The van der Waals surface area contributed by atoms with Gasteiger partial charge in [-0.15, -0.1) is 0 Å². The molecule has 4 heterocycles. The number of piperazine rings is 1. The SMILES string of the molecule is CC.Cc1nc(C(C)C)c2c(n1)N1C[C@@H]3CCC(N3)C1C(=O)N2. The Hall–Kier alpha value is -1.69. The molecule has 126 valence electrons. The molecule has 3 aliphatic rings. The van der Waals surface area contributed by atoms with Crippen molar-refractivity contribution in [3.8, 4) is 0 Å². The van der Waals surface area contributed by atoms with Gasteiger partial charge in [-0.2, -0.15) is 0 Å². The van der Waals surface area contributed by atoms with Gasteiger partial charge in [0.25, 0.3) is 0 Å². The molecular weight excluding hydrogens is 290 g/mol. The molecule has 2 bridgehead atoms. The summed E-state index contributed by atoms with van der Waals surface area (Å²) in [4.78, 5) is 24.0. The van der Waals surface area contributed by atoms with Crippen LogP contribution in [-0.4, -0.2) is 40.5 Å². The van der Waals surface area contributed by atoms with Crippen LogP contribution in [0, 0.1) is 6.92 Å². The Kier molecular flexibility index (Phi) is 4.27. The highest BCUT2D eigenvalue weighted by atomic mass is 16.2. The molecule has 2 unspecified atom stereocenters. The van der Waals surface area contributed by atoms with E-state index in [0.717, 1.165) is 42.4 Å². The molecule has 6 nitrogen and oxygen atoms in total. The van der Waals surface area contributed by atoms with Crippen LogP contribution in [0.4, 0.5) is 11.5 Å². The van der Waals surface area contributed by atoms with Crippen molar-refractivity contribution in [2.45, 2.75) is 71.5 Å². The van der Waals surface area contributed by atoms with Crippen molar-refractivity contribution in [3.63, 3.8) is 0 Å². The van der Waals surface area contributed by atoms with E-state index in [9.17, 15) is 4.79 Å². The van der Waals surface area contributed by atoms with Crippen molar-refractivity contribution in [1.82, 2.24) is 15.3 Å². The first-order valence-electron chi connectivity index (χ1n) is 8.76. The van der Waals surface area contributed by atoms with E-state index in [4.69, 9.17) is 0 Å². The lowest BCUT2D eigenvalue weighted by Gasteiger charge is -2.44. The van der Waals surface area contributed by atoms with Gasteiger partial charge in [-0.05, 0) is 25.7 Å². The van der Waals surface area contributed by atoms with Crippen LogP contribution in [0.15, 0.2) is 0 Å². The maximum Gasteiger partial charge on any atom is 0.248 e. The summed E-state index contributed by atoms with van der Waals surface area (Å²) in [6.45, 7) is 11.0. The van der Waals surface area contributed by atoms with E-state index in [1.54, 1.807) is 0 Å². The minimum absolute atomic E-state index is 0.0784. The summed E-state index contributed by atoms with van der Waals surface area (Å²) < 4.78 is 0. The van der Waals surface area contributed by atoms with E-state index in [1.165, 1.54) is 0 Å². The van der Waals surface area contributed by atoms with Gasteiger partial charge in [0, 0.05) is 18.6 Å². The number of nitrogens with one attached hydrogen (secondary N) is 2. The minimum atomic E-state index is -0.134. The fraction of sp³-hybridized carbons (Fsp3) is 0.706. The zero-order chi connectivity index (χ0) is 16.7. The third-order valence-corrected chi connectivity index (χ3v) is 4.78. The van der Waals surface area contributed by atoms with Gasteiger partial charge in [0.1, 0.15) is 17.6 Å². The second-order valence-electron chi connectivity index (χ2n) is 6.64. The van der Waals surface area contributed by atoms with Crippen LogP contribution in [0.2, 0.25) is 0 Å². The molecule has 0 spiro atoms. The van der Waals surface area contributed by atoms with Gasteiger partial charge in [-0.25, -0.2) is 9.97 Å². The van der Waals surface area contributed by atoms with Gasteiger partial charge in [0.05, 0.1) is 5.69 Å². The molecule has 0 radical (unpaired) electrons. The molecule has 6 heteroatoms. The molecule has 4 rings (SSSR count). The lowest BCUT2D eigenvalue weighted by molar-refractivity contribution is -0.118. The molecule has 2 N–H and O–H groups in total. The van der Waals surface area contributed by atoms with Crippen molar-refractivity contribution < 1.29 is 4.79 Å². The van der Waals surface area contributed by atoms with Crippen LogP contribution in [0.3, 0.4) is 0 Å². The Morgan fingerprint density at radius 3 is 2.65 bits per heavy atom. The van der Waals surface area contributed by atoms with Gasteiger partial charge in [-0.3, -0.25) is 4.79 Å². The van der Waals surface area contributed by atoms with Gasteiger partial charge in [-0.1, -0.05) is 27.7 Å². The number of rotatable bonds is 1. The predicted octanol–water partition coefficient (Wildman–Crippen LogP) is 2.20. The van der Waals surface area contributed by atoms with E-state index >= 15 is 0 Å². The van der Waals surface area contributed by atoms with Crippen LogP contribution >= 0.6 is 0 Å². The Bertz CT molecular complexity index is 615. The first-order chi connectivity index (χ1) is 11.0. The number of nitrogens with zero attached hydrogens (tertiary/aromatic N) is 3. The number of carbonyl (C=O) groups is 1. The first-order valence-corrected chi connectivity index (χ1v) is 8.76. The Balaban J connectivity index is 0.000000753. The Labute approximate surface area is 138 Å². The first kappa shape index (κ1) is 16.2. The molecule has 0 aliphatic carbocycles. The molecule has 0 saturated carbocycles. The van der Waals surface area contributed by atoms with Gasteiger partial charge >= 0.3 is 0 Å².